The van der Waals surface area contributed by atoms with E-state index in [0.29, 0.717) is 0 Å². The van der Waals surface area contributed by atoms with Gasteiger partial charge in [0.05, 0.1) is 6.54 Å². The van der Waals surface area contributed by atoms with E-state index in [9.17, 15) is 18.0 Å². The van der Waals surface area contributed by atoms with Gasteiger partial charge in [-0.25, -0.2) is 4.79 Å². The summed E-state index contributed by atoms with van der Waals surface area (Å²) in [5.74, 6) is -1.35. The Morgan fingerprint density at radius 3 is 2.17 bits per heavy atom. The number of rotatable bonds is 4. The number of aryl methyl sites for hydroxylation is 1. The summed E-state index contributed by atoms with van der Waals surface area (Å²) in [5.41, 5.74) is -0.574. The van der Waals surface area contributed by atoms with E-state index in [1.165, 1.54) is 19.1 Å². The van der Waals surface area contributed by atoms with Crippen LogP contribution >= 0.6 is 0 Å². The van der Waals surface area contributed by atoms with Gasteiger partial charge in [-0.2, -0.15) is 13.2 Å². The van der Waals surface area contributed by atoms with Crippen LogP contribution in [0, 0.1) is 6.92 Å². The van der Waals surface area contributed by atoms with Gasteiger partial charge in [-0.15, -0.1) is 0 Å². The SMILES string of the molecule is Cc1ccc(C(C)(NCC(F)(F)F)C(=O)O)cc1. The van der Waals surface area contributed by atoms with E-state index in [-0.39, 0.29) is 5.56 Å². The minimum Gasteiger partial charge on any atom is -0.480 e. The fraction of sp³-hybridized carbons (Fsp3) is 0.417. The second-order valence-electron chi connectivity index (χ2n) is 4.26. The number of halogens is 3. The lowest BCUT2D eigenvalue weighted by atomic mass is 9.91. The first-order valence-corrected chi connectivity index (χ1v) is 5.27. The Hall–Kier alpha value is -1.56. The van der Waals surface area contributed by atoms with Gasteiger partial charge < -0.3 is 5.11 Å². The average molecular weight is 261 g/mol. The van der Waals surface area contributed by atoms with E-state index in [1.54, 1.807) is 12.1 Å². The third kappa shape index (κ3) is 3.46. The molecule has 1 aromatic carbocycles. The first-order chi connectivity index (χ1) is 8.15. The summed E-state index contributed by atoms with van der Waals surface area (Å²) in [7, 11) is 0. The number of benzene rings is 1. The minimum absolute atomic E-state index is 0.282. The van der Waals surface area contributed by atoms with Crippen molar-refractivity contribution in [2.24, 2.45) is 0 Å². The zero-order valence-corrected chi connectivity index (χ0v) is 10.0. The van der Waals surface area contributed by atoms with Crippen LogP contribution in [-0.2, 0) is 10.3 Å². The van der Waals surface area contributed by atoms with Crippen LogP contribution in [0.5, 0.6) is 0 Å². The van der Waals surface area contributed by atoms with Crippen LogP contribution < -0.4 is 5.32 Å². The number of carbonyl (C=O) groups is 1. The highest BCUT2D eigenvalue weighted by Crippen LogP contribution is 2.23. The van der Waals surface area contributed by atoms with Gasteiger partial charge in [0.1, 0.15) is 5.54 Å². The van der Waals surface area contributed by atoms with Crippen LogP contribution in [0.2, 0.25) is 0 Å². The summed E-state index contributed by atoms with van der Waals surface area (Å²) >= 11 is 0. The van der Waals surface area contributed by atoms with E-state index in [0.717, 1.165) is 5.56 Å². The van der Waals surface area contributed by atoms with Crippen molar-refractivity contribution in [3.05, 3.63) is 35.4 Å². The third-order valence-electron chi connectivity index (χ3n) is 2.70. The van der Waals surface area contributed by atoms with Crippen LogP contribution in [0.25, 0.3) is 0 Å². The molecule has 0 aromatic heterocycles. The molecule has 0 spiro atoms. The molecule has 0 aliphatic heterocycles. The molecule has 0 amide bonds. The normalized spacial score (nSPS) is 15.2. The van der Waals surface area contributed by atoms with Gasteiger partial charge in [0, 0.05) is 0 Å². The smallest absolute Gasteiger partial charge is 0.401 e. The van der Waals surface area contributed by atoms with E-state index >= 15 is 0 Å². The molecule has 6 heteroatoms. The van der Waals surface area contributed by atoms with Crippen LogP contribution in [0.1, 0.15) is 18.1 Å². The number of aliphatic carboxylic acids is 1. The molecular formula is C12H14F3NO2. The first-order valence-electron chi connectivity index (χ1n) is 5.27. The third-order valence-corrected chi connectivity index (χ3v) is 2.70. The van der Waals surface area contributed by atoms with E-state index in [1.807, 2.05) is 12.2 Å². The highest BCUT2D eigenvalue weighted by atomic mass is 19.4. The molecule has 0 heterocycles. The lowest BCUT2D eigenvalue weighted by Gasteiger charge is -2.27. The first kappa shape index (κ1) is 14.5. The Morgan fingerprint density at radius 1 is 1.28 bits per heavy atom. The van der Waals surface area contributed by atoms with E-state index in [4.69, 9.17) is 5.11 Å². The zero-order chi connectivity index (χ0) is 14.0. The molecule has 0 bridgehead atoms. The fourth-order valence-electron chi connectivity index (χ4n) is 1.47. The molecule has 0 radical (unpaired) electrons. The maximum Gasteiger partial charge on any atom is 0.401 e. The predicted octanol–water partition coefficient (Wildman–Crippen LogP) is 2.45. The lowest BCUT2D eigenvalue weighted by Crippen LogP contribution is -2.50. The zero-order valence-electron chi connectivity index (χ0n) is 10.0. The van der Waals surface area contributed by atoms with Crippen LogP contribution in [-0.4, -0.2) is 23.8 Å². The predicted molar refractivity (Wildman–Crippen MR) is 60.2 cm³/mol. The van der Waals surface area contributed by atoms with Crippen molar-refractivity contribution in [3.63, 3.8) is 0 Å². The number of carboxylic acids is 1. The molecule has 18 heavy (non-hydrogen) atoms. The number of hydrogen-bond donors (Lipinski definition) is 2. The van der Waals surface area contributed by atoms with Crippen molar-refractivity contribution in [1.29, 1.82) is 0 Å². The molecule has 1 rings (SSSR count). The summed E-state index contributed by atoms with van der Waals surface area (Å²) in [6, 6.07) is 6.33. The van der Waals surface area contributed by atoms with Crippen molar-refractivity contribution in [2.75, 3.05) is 6.54 Å². The Kier molecular flexibility index (Phi) is 4.01. The van der Waals surface area contributed by atoms with Gasteiger partial charge in [0.25, 0.3) is 0 Å². The Labute approximate surface area is 103 Å². The number of alkyl halides is 3. The minimum atomic E-state index is -4.46. The van der Waals surface area contributed by atoms with Gasteiger partial charge in [-0.3, -0.25) is 5.32 Å². The molecule has 0 saturated heterocycles. The van der Waals surface area contributed by atoms with Gasteiger partial charge in [0.15, 0.2) is 0 Å². The summed E-state index contributed by atoms with van der Waals surface area (Å²) in [5, 5.41) is 11.2. The second-order valence-corrected chi connectivity index (χ2v) is 4.26. The Balaban J connectivity index is 3.00. The van der Waals surface area contributed by atoms with Crippen molar-refractivity contribution >= 4 is 5.97 Å². The molecule has 3 nitrogen and oxygen atoms in total. The standard InChI is InChI=1S/C12H14F3NO2/c1-8-3-5-9(6-4-8)11(2,10(17)18)16-7-12(13,14)15/h3-6,16H,7H2,1-2H3,(H,17,18). The largest absolute Gasteiger partial charge is 0.480 e. The topological polar surface area (TPSA) is 49.3 Å². The van der Waals surface area contributed by atoms with Crippen LogP contribution in [0.15, 0.2) is 24.3 Å². The van der Waals surface area contributed by atoms with Gasteiger partial charge in [0.2, 0.25) is 0 Å². The molecule has 1 unspecified atom stereocenters. The summed E-state index contributed by atoms with van der Waals surface area (Å²) in [6.45, 7) is 1.67. The molecule has 0 saturated carbocycles. The number of hydrogen-bond acceptors (Lipinski definition) is 2. The average Bonchev–Trinajstić information content (AvgIpc) is 2.25. The van der Waals surface area contributed by atoms with E-state index < -0.39 is 24.2 Å². The molecule has 1 aromatic rings. The number of carboxylic acid groups (broad SMARTS) is 1. The van der Waals surface area contributed by atoms with E-state index in [2.05, 4.69) is 0 Å². The highest BCUT2D eigenvalue weighted by Gasteiger charge is 2.39. The van der Waals surface area contributed by atoms with Crippen molar-refractivity contribution in [3.8, 4) is 0 Å². The summed E-state index contributed by atoms with van der Waals surface area (Å²) in [6.07, 6.45) is -4.46. The highest BCUT2D eigenvalue weighted by molar-refractivity contribution is 5.80. The second kappa shape index (κ2) is 4.97. The monoisotopic (exact) mass is 261 g/mol. The van der Waals surface area contributed by atoms with Crippen LogP contribution in [0.4, 0.5) is 13.2 Å². The maximum atomic E-state index is 12.2. The van der Waals surface area contributed by atoms with Gasteiger partial charge >= 0.3 is 12.1 Å². The summed E-state index contributed by atoms with van der Waals surface area (Å²) in [4.78, 5) is 11.2. The molecule has 2 N–H and O–H groups in total. The Bertz CT molecular complexity index is 428. The van der Waals surface area contributed by atoms with Crippen molar-refractivity contribution < 1.29 is 23.1 Å². The molecule has 0 fully saturated rings. The van der Waals surface area contributed by atoms with Crippen molar-refractivity contribution in [1.82, 2.24) is 5.32 Å². The molecular weight excluding hydrogens is 247 g/mol. The number of nitrogens with one attached hydrogen (secondary N) is 1. The van der Waals surface area contributed by atoms with Gasteiger partial charge in [-0.05, 0) is 19.4 Å². The quantitative estimate of drug-likeness (QED) is 0.875. The van der Waals surface area contributed by atoms with Crippen LogP contribution in [0.3, 0.4) is 0 Å². The molecule has 100 valence electrons. The van der Waals surface area contributed by atoms with Crippen molar-refractivity contribution in [2.45, 2.75) is 25.6 Å². The Morgan fingerprint density at radius 2 is 1.78 bits per heavy atom. The fourth-order valence-corrected chi connectivity index (χ4v) is 1.47. The summed E-state index contributed by atoms with van der Waals surface area (Å²) < 4.78 is 36.5. The molecule has 1 atom stereocenters. The maximum absolute atomic E-state index is 12.2. The lowest BCUT2D eigenvalue weighted by molar-refractivity contribution is -0.150. The molecule has 0 aliphatic rings. The van der Waals surface area contributed by atoms with Gasteiger partial charge in [-0.1, -0.05) is 29.8 Å². The molecule has 0 aliphatic carbocycles.